The lowest BCUT2D eigenvalue weighted by atomic mass is 10.1. The van der Waals surface area contributed by atoms with Gasteiger partial charge in [-0.2, -0.15) is 0 Å². The fraction of sp³-hybridized carbons (Fsp3) is 0.0909. The van der Waals surface area contributed by atoms with Crippen LogP contribution in [0.4, 0.5) is 21.7 Å². The van der Waals surface area contributed by atoms with Gasteiger partial charge in [-0.1, -0.05) is 24.3 Å². The quantitative estimate of drug-likeness (QED) is 0.528. The molecule has 0 fully saturated rings. The maximum atomic E-state index is 14.6. The number of imidazole rings is 1. The van der Waals surface area contributed by atoms with Crippen molar-refractivity contribution in [2.75, 3.05) is 4.90 Å². The number of carboxylic acid groups (broad SMARTS) is 1. The maximum absolute atomic E-state index is 14.6. The molecule has 1 N–H and O–H groups in total. The van der Waals surface area contributed by atoms with E-state index in [9.17, 15) is 14.3 Å². The van der Waals surface area contributed by atoms with Crippen LogP contribution in [-0.2, 0) is 7.05 Å². The van der Waals surface area contributed by atoms with Crippen LogP contribution >= 0.6 is 0 Å². The van der Waals surface area contributed by atoms with Gasteiger partial charge in [-0.15, -0.1) is 0 Å². The van der Waals surface area contributed by atoms with E-state index in [1.165, 1.54) is 12.1 Å². The van der Waals surface area contributed by atoms with Gasteiger partial charge < -0.3 is 9.67 Å². The third-order valence-electron chi connectivity index (χ3n) is 4.76. The van der Waals surface area contributed by atoms with E-state index in [2.05, 4.69) is 15.0 Å². The van der Waals surface area contributed by atoms with E-state index in [0.29, 0.717) is 17.1 Å². The van der Waals surface area contributed by atoms with E-state index in [1.54, 1.807) is 34.8 Å². The number of aromatic nitrogens is 4. The third kappa shape index (κ3) is 3.50. The van der Waals surface area contributed by atoms with E-state index in [-0.39, 0.29) is 17.2 Å². The summed E-state index contributed by atoms with van der Waals surface area (Å²) >= 11 is 0. The van der Waals surface area contributed by atoms with Crippen LogP contribution in [0.2, 0.25) is 0 Å². The number of hydrogen-bond acceptors (Lipinski definition) is 5. The van der Waals surface area contributed by atoms with Crippen LogP contribution in [-0.4, -0.2) is 30.6 Å². The van der Waals surface area contributed by atoms with Gasteiger partial charge >= 0.3 is 5.97 Å². The Kier molecular flexibility index (Phi) is 4.97. The van der Waals surface area contributed by atoms with Crippen LogP contribution in [0.1, 0.15) is 16.2 Å². The number of hydrogen-bond donors (Lipinski definition) is 1. The number of para-hydroxylation sites is 1. The molecule has 0 aliphatic heterocycles. The number of carboxylic acids is 1. The largest absolute Gasteiger partial charge is 0.478 e. The summed E-state index contributed by atoms with van der Waals surface area (Å²) in [6.45, 7) is 1.82. The molecule has 2 aromatic carbocycles. The Morgan fingerprint density at radius 2 is 1.77 bits per heavy atom. The minimum Gasteiger partial charge on any atom is -0.478 e. The fourth-order valence-corrected chi connectivity index (χ4v) is 3.10. The molecular formula is C22H18FN5O2. The number of aryl methyl sites for hydroxylation is 1. The number of rotatable bonds is 5. The van der Waals surface area contributed by atoms with Crippen LogP contribution in [0.25, 0.3) is 11.4 Å². The monoisotopic (exact) mass is 403 g/mol. The third-order valence-corrected chi connectivity index (χ3v) is 4.76. The SMILES string of the molecule is Cc1ncc(-c2nc(N(c3ccccc3)c3cccc(C(=O)O)c3)ncc2F)n1C. The highest BCUT2D eigenvalue weighted by molar-refractivity contribution is 5.90. The molecule has 0 aliphatic carbocycles. The highest BCUT2D eigenvalue weighted by Gasteiger charge is 2.20. The molecular weight excluding hydrogens is 385 g/mol. The van der Waals surface area contributed by atoms with Crippen molar-refractivity contribution in [3.63, 3.8) is 0 Å². The first-order chi connectivity index (χ1) is 14.5. The molecule has 0 saturated heterocycles. The molecule has 0 unspecified atom stereocenters. The summed E-state index contributed by atoms with van der Waals surface area (Å²) in [7, 11) is 1.78. The Morgan fingerprint density at radius 3 is 2.43 bits per heavy atom. The molecule has 7 nitrogen and oxygen atoms in total. The average molecular weight is 403 g/mol. The van der Waals surface area contributed by atoms with Crippen molar-refractivity contribution in [3.05, 3.63) is 84.2 Å². The first-order valence-electron chi connectivity index (χ1n) is 9.15. The molecule has 0 spiro atoms. The Hall–Kier alpha value is -4.07. The highest BCUT2D eigenvalue weighted by Crippen LogP contribution is 2.34. The topological polar surface area (TPSA) is 84.1 Å². The van der Waals surface area contributed by atoms with E-state index < -0.39 is 11.8 Å². The number of nitrogens with zero attached hydrogens (tertiary/aromatic N) is 5. The van der Waals surface area contributed by atoms with Gasteiger partial charge in [-0.3, -0.25) is 4.90 Å². The van der Waals surface area contributed by atoms with Gasteiger partial charge in [-0.25, -0.2) is 24.1 Å². The van der Waals surface area contributed by atoms with Crippen molar-refractivity contribution in [2.45, 2.75) is 6.92 Å². The van der Waals surface area contributed by atoms with Crippen molar-refractivity contribution in [1.29, 1.82) is 0 Å². The van der Waals surface area contributed by atoms with Gasteiger partial charge in [0.05, 0.1) is 23.7 Å². The van der Waals surface area contributed by atoms with Crippen LogP contribution in [0.3, 0.4) is 0 Å². The molecule has 0 amide bonds. The predicted molar refractivity (Wildman–Crippen MR) is 111 cm³/mol. The zero-order valence-electron chi connectivity index (χ0n) is 16.3. The second-order valence-electron chi connectivity index (χ2n) is 6.64. The highest BCUT2D eigenvalue weighted by atomic mass is 19.1. The molecule has 2 aromatic heterocycles. The Balaban J connectivity index is 1.91. The minimum atomic E-state index is -1.05. The van der Waals surface area contributed by atoms with Crippen molar-refractivity contribution in [1.82, 2.24) is 19.5 Å². The van der Waals surface area contributed by atoms with Crippen molar-refractivity contribution >= 4 is 23.3 Å². The van der Waals surface area contributed by atoms with E-state index in [4.69, 9.17) is 0 Å². The second-order valence-corrected chi connectivity index (χ2v) is 6.64. The molecule has 0 bridgehead atoms. The van der Waals surface area contributed by atoms with E-state index in [1.807, 2.05) is 37.3 Å². The molecule has 2 heterocycles. The molecule has 30 heavy (non-hydrogen) atoms. The summed E-state index contributed by atoms with van der Waals surface area (Å²) in [5.74, 6) is -0.692. The molecule has 0 radical (unpaired) electrons. The summed E-state index contributed by atoms with van der Waals surface area (Å²) in [4.78, 5) is 26.0. The van der Waals surface area contributed by atoms with E-state index >= 15 is 0 Å². The van der Waals surface area contributed by atoms with Gasteiger partial charge in [0.25, 0.3) is 0 Å². The summed E-state index contributed by atoms with van der Waals surface area (Å²) in [5.41, 5.74) is 2.00. The summed E-state index contributed by atoms with van der Waals surface area (Å²) in [5, 5.41) is 9.39. The molecule has 8 heteroatoms. The van der Waals surface area contributed by atoms with Gasteiger partial charge in [0.2, 0.25) is 5.95 Å². The second kappa shape index (κ2) is 7.75. The number of aromatic carboxylic acids is 1. The zero-order valence-corrected chi connectivity index (χ0v) is 16.3. The minimum absolute atomic E-state index is 0.110. The lowest BCUT2D eigenvalue weighted by molar-refractivity contribution is 0.0697. The molecule has 150 valence electrons. The molecule has 0 atom stereocenters. The Morgan fingerprint density at radius 1 is 1.03 bits per heavy atom. The van der Waals surface area contributed by atoms with Crippen LogP contribution < -0.4 is 4.90 Å². The maximum Gasteiger partial charge on any atom is 0.335 e. The lowest BCUT2D eigenvalue weighted by Crippen LogP contribution is -2.15. The average Bonchev–Trinajstić information content (AvgIpc) is 3.09. The van der Waals surface area contributed by atoms with Crippen molar-refractivity contribution < 1.29 is 14.3 Å². The van der Waals surface area contributed by atoms with E-state index in [0.717, 1.165) is 12.0 Å². The van der Waals surface area contributed by atoms with Crippen molar-refractivity contribution in [3.8, 4) is 11.4 Å². The lowest BCUT2D eigenvalue weighted by Gasteiger charge is -2.23. The molecule has 0 aliphatic rings. The zero-order chi connectivity index (χ0) is 21.3. The summed E-state index contributed by atoms with van der Waals surface area (Å²) in [6, 6.07) is 15.7. The van der Waals surface area contributed by atoms with Gasteiger partial charge in [0.15, 0.2) is 5.82 Å². The summed E-state index contributed by atoms with van der Waals surface area (Å²) < 4.78 is 16.4. The number of halogens is 1. The number of benzene rings is 2. The van der Waals surface area contributed by atoms with Gasteiger partial charge in [0, 0.05) is 18.4 Å². The standard InChI is InChI=1S/C22H18FN5O2/c1-14-24-13-19(27(14)2)20-18(23)12-25-22(26-20)28(16-8-4-3-5-9-16)17-10-6-7-15(11-17)21(29)30/h3-13H,1-2H3,(H,29,30). The van der Waals surface area contributed by atoms with Crippen LogP contribution in [0.5, 0.6) is 0 Å². The number of carbonyl (C=O) groups is 1. The molecule has 4 rings (SSSR count). The molecule has 0 saturated carbocycles. The fourth-order valence-electron chi connectivity index (χ4n) is 3.10. The smallest absolute Gasteiger partial charge is 0.335 e. The Bertz CT molecular complexity index is 1220. The Labute approximate surface area is 172 Å². The summed E-state index contributed by atoms with van der Waals surface area (Å²) in [6.07, 6.45) is 2.67. The van der Waals surface area contributed by atoms with Gasteiger partial charge in [0.1, 0.15) is 11.5 Å². The number of anilines is 3. The van der Waals surface area contributed by atoms with Crippen LogP contribution in [0, 0.1) is 12.7 Å². The van der Waals surface area contributed by atoms with Crippen molar-refractivity contribution in [2.24, 2.45) is 7.05 Å². The predicted octanol–water partition coefficient (Wildman–Crippen LogP) is 4.49. The first kappa shape index (κ1) is 19.3. The first-order valence-corrected chi connectivity index (χ1v) is 9.15. The van der Waals surface area contributed by atoms with Crippen LogP contribution in [0.15, 0.2) is 67.0 Å². The normalized spacial score (nSPS) is 10.8. The van der Waals surface area contributed by atoms with Gasteiger partial charge in [-0.05, 0) is 37.3 Å². The molecule has 4 aromatic rings.